The van der Waals surface area contributed by atoms with Gasteiger partial charge in [0.1, 0.15) is 12.4 Å². The van der Waals surface area contributed by atoms with Crippen molar-refractivity contribution in [1.29, 1.82) is 0 Å². The lowest BCUT2D eigenvalue weighted by molar-refractivity contribution is -0.144. The normalized spacial score (nSPS) is 14.1. The number of carbonyl (C=O) groups is 1. The van der Waals surface area contributed by atoms with Crippen molar-refractivity contribution in [3.8, 4) is 0 Å². The molecule has 2 atom stereocenters. The molecule has 1 aromatic heterocycles. The number of hydrogen-bond donors (Lipinski definition) is 1. The van der Waals surface area contributed by atoms with Crippen LogP contribution in [0.4, 0.5) is 0 Å². The predicted molar refractivity (Wildman–Crippen MR) is 64.1 cm³/mol. The monoisotopic (exact) mass is 237 g/mol. The second-order valence-corrected chi connectivity index (χ2v) is 4.01. The second kappa shape index (κ2) is 6.96. The van der Waals surface area contributed by atoms with Crippen molar-refractivity contribution in [2.75, 3.05) is 7.11 Å². The Labute approximate surface area is 102 Å². The van der Waals surface area contributed by atoms with Gasteiger partial charge in [0.05, 0.1) is 7.11 Å². The third-order valence-corrected chi connectivity index (χ3v) is 2.81. The minimum absolute atomic E-state index is 0.226. The van der Waals surface area contributed by atoms with E-state index in [1.54, 1.807) is 12.4 Å². The van der Waals surface area contributed by atoms with Crippen LogP contribution in [0, 0.1) is 5.92 Å². The summed E-state index contributed by atoms with van der Waals surface area (Å²) in [4.78, 5) is 19.5. The SMILES string of the molecule is CCC(C)C(NCc1cncnc1)C(=O)OC. The van der Waals surface area contributed by atoms with E-state index in [4.69, 9.17) is 4.74 Å². The fourth-order valence-corrected chi connectivity index (χ4v) is 1.53. The molecule has 1 heterocycles. The maximum absolute atomic E-state index is 11.6. The maximum Gasteiger partial charge on any atom is 0.323 e. The molecule has 1 N–H and O–H groups in total. The summed E-state index contributed by atoms with van der Waals surface area (Å²) in [6.07, 6.45) is 5.85. The van der Waals surface area contributed by atoms with Crippen LogP contribution in [-0.4, -0.2) is 29.1 Å². The minimum Gasteiger partial charge on any atom is -0.468 e. The van der Waals surface area contributed by atoms with Crippen LogP contribution < -0.4 is 5.32 Å². The van der Waals surface area contributed by atoms with Gasteiger partial charge < -0.3 is 4.74 Å². The molecule has 0 spiro atoms. The van der Waals surface area contributed by atoms with Crippen LogP contribution >= 0.6 is 0 Å². The molecular formula is C12H19N3O2. The van der Waals surface area contributed by atoms with Gasteiger partial charge in [-0.15, -0.1) is 0 Å². The van der Waals surface area contributed by atoms with Gasteiger partial charge in [-0.25, -0.2) is 9.97 Å². The highest BCUT2D eigenvalue weighted by Gasteiger charge is 2.23. The molecule has 0 fully saturated rings. The Kier molecular flexibility index (Phi) is 5.56. The zero-order valence-electron chi connectivity index (χ0n) is 10.5. The van der Waals surface area contributed by atoms with Crippen molar-refractivity contribution < 1.29 is 9.53 Å². The van der Waals surface area contributed by atoms with Crippen molar-refractivity contribution in [3.05, 3.63) is 24.3 Å². The molecule has 0 aliphatic rings. The van der Waals surface area contributed by atoms with Crippen LogP contribution in [-0.2, 0) is 16.1 Å². The lowest BCUT2D eigenvalue weighted by Crippen LogP contribution is -2.42. The molecule has 0 aromatic carbocycles. The van der Waals surface area contributed by atoms with Gasteiger partial charge in [-0.05, 0) is 5.92 Å². The number of carbonyl (C=O) groups excluding carboxylic acids is 1. The highest BCUT2D eigenvalue weighted by molar-refractivity contribution is 5.75. The molecule has 0 saturated carbocycles. The van der Waals surface area contributed by atoms with E-state index in [0.29, 0.717) is 6.54 Å². The number of ether oxygens (including phenoxy) is 1. The van der Waals surface area contributed by atoms with Crippen LogP contribution in [0.2, 0.25) is 0 Å². The lowest BCUT2D eigenvalue weighted by atomic mass is 9.99. The third-order valence-electron chi connectivity index (χ3n) is 2.81. The summed E-state index contributed by atoms with van der Waals surface area (Å²) in [5, 5.41) is 3.18. The second-order valence-electron chi connectivity index (χ2n) is 4.01. The molecule has 0 bridgehead atoms. The van der Waals surface area contributed by atoms with Gasteiger partial charge in [0.2, 0.25) is 0 Å². The molecule has 0 saturated heterocycles. The third kappa shape index (κ3) is 4.11. The Morgan fingerprint density at radius 2 is 2.12 bits per heavy atom. The number of hydrogen-bond acceptors (Lipinski definition) is 5. The smallest absolute Gasteiger partial charge is 0.323 e. The number of nitrogens with one attached hydrogen (secondary N) is 1. The molecule has 17 heavy (non-hydrogen) atoms. The van der Waals surface area contributed by atoms with Gasteiger partial charge in [-0.1, -0.05) is 20.3 Å². The summed E-state index contributed by atoms with van der Waals surface area (Å²) in [5.74, 6) is 0.00304. The Bertz CT molecular complexity index is 343. The first-order valence-corrected chi connectivity index (χ1v) is 5.74. The van der Waals surface area contributed by atoms with Crippen molar-refractivity contribution in [2.45, 2.75) is 32.9 Å². The van der Waals surface area contributed by atoms with Crippen molar-refractivity contribution in [1.82, 2.24) is 15.3 Å². The molecule has 5 nitrogen and oxygen atoms in total. The largest absolute Gasteiger partial charge is 0.468 e. The number of aromatic nitrogens is 2. The summed E-state index contributed by atoms with van der Waals surface area (Å²) in [6, 6.07) is -0.287. The topological polar surface area (TPSA) is 64.1 Å². The van der Waals surface area contributed by atoms with Crippen LogP contribution in [0.15, 0.2) is 18.7 Å². The minimum atomic E-state index is -0.287. The average molecular weight is 237 g/mol. The molecule has 5 heteroatoms. The first-order chi connectivity index (χ1) is 8.19. The van der Waals surface area contributed by atoms with Crippen molar-refractivity contribution in [3.63, 3.8) is 0 Å². The van der Waals surface area contributed by atoms with Crippen LogP contribution in [0.5, 0.6) is 0 Å². The molecule has 0 aliphatic carbocycles. The van der Waals surface area contributed by atoms with Crippen molar-refractivity contribution in [2.24, 2.45) is 5.92 Å². The Morgan fingerprint density at radius 3 is 2.65 bits per heavy atom. The molecule has 1 rings (SSSR count). The molecular weight excluding hydrogens is 218 g/mol. The van der Waals surface area contributed by atoms with Crippen LogP contribution in [0.1, 0.15) is 25.8 Å². The van der Waals surface area contributed by atoms with E-state index in [1.807, 2.05) is 13.8 Å². The fourth-order valence-electron chi connectivity index (χ4n) is 1.53. The average Bonchev–Trinajstić information content (AvgIpc) is 2.39. The van der Waals surface area contributed by atoms with E-state index >= 15 is 0 Å². The number of nitrogens with zero attached hydrogens (tertiary/aromatic N) is 2. The number of rotatable bonds is 6. The van der Waals surface area contributed by atoms with E-state index in [9.17, 15) is 4.79 Å². The molecule has 0 radical (unpaired) electrons. The zero-order chi connectivity index (χ0) is 12.7. The van der Waals surface area contributed by atoms with Gasteiger partial charge in [0, 0.05) is 24.5 Å². The van der Waals surface area contributed by atoms with Gasteiger partial charge >= 0.3 is 5.97 Å². The highest BCUT2D eigenvalue weighted by Crippen LogP contribution is 2.10. The van der Waals surface area contributed by atoms with E-state index < -0.39 is 0 Å². The van der Waals surface area contributed by atoms with E-state index in [1.165, 1.54) is 13.4 Å². The molecule has 94 valence electrons. The predicted octanol–water partition coefficient (Wildman–Crippen LogP) is 1.15. The molecule has 0 amide bonds. The first-order valence-electron chi connectivity index (χ1n) is 5.74. The molecule has 0 aliphatic heterocycles. The molecule has 2 unspecified atom stereocenters. The zero-order valence-corrected chi connectivity index (χ0v) is 10.5. The summed E-state index contributed by atoms with van der Waals surface area (Å²) in [6.45, 7) is 4.63. The Balaban J connectivity index is 2.58. The van der Waals surface area contributed by atoms with Gasteiger partial charge in [-0.2, -0.15) is 0 Å². The molecule has 1 aromatic rings. The van der Waals surface area contributed by atoms with E-state index in [-0.39, 0.29) is 17.9 Å². The van der Waals surface area contributed by atoms with Crippen LogP contribution in [0.3, 0.4) is 0 Å². The fraction of sp³-hybridized carbons (Fsp3) is 0.583. The van der Waals surface area contributed by atoms with E-state index in [0.717, 1.165) is 12.0 Å². The summed E-state index contributed by atoms with van der Waals surface area (Å²) < 4.78 is 4.79. The van der Waals surface area contributed by atoms with Gasteiger partial charge in [0.15, 0.2) is 0 Å². The Morgan fingerprint density at radius 1 is 1.47 bits per heavy atom. The maximum atomic E-state index is 11.6. The van der Waals surface area contributed by atoms with Crippen LogP contribution in [0.25, 0.3) is 0 Å². The standard InChI is InChI=1S/C12H19N3O2/c1-4-9(2)11(12(16)17-3)15-7-10-5-13-8-14-6-10/h5-6,8-9,11,15H,4,7H2,1-3H3. The number of esters is 1. The summed E-state index contributed by atoms with van der Waals surface area (Å²) in [7, 11) is 1.41. The highest BCUT2D eigenvalue weighted by atomic mass is 16.5. The first kappa shape index (κ1) is 13.6. The van der Waals surface area contributed by atoms with E-state index in [2.05, 4.69) is 15.3 Å². The van der Waals surface area contributed by atoms with Crippen molar-refractivity contribution >= 4 is 5.97 Å². The summed E-state index contributed by atoms with van der Waals surface area (Å²) >= 11 is 0. The van der Waals surface area contributed by atoms with Gasteiger partial charge in [0.25, 0.3) is 0 Å². The quantitative estimate of drug-likeness (QED) is 0.752. The lowest BCUT2D eigenvalue weighted by Gasteiger charge is -2.21. The number of methoxy groups -OCH3 is 1. The van der Waals surface area contributed by atoms with Gasteiger partial charge in [-0.3, -0.25) is 10.1 Å². The summed E-state index contributed by atoms with van der Waals surface area (Å²) in [5.41, 5.74) is 0.949. The Hall–Kier alpha value is -1.49.